The van der Waals surface area contributed by atoms with Crippen molar-refractivity contribution in [3.63, 3.8) is 0 Å². The Morgan fingerprint density at radius 3 is 2.25 bits per heavy atom. The smallest absolute Gasteiger partial charge is 0.313 e. The summed E-state index contributed by atoms with van der Waals surface area (Å²) < 4.78 is 0. The van der Waals surface area contributed by atoms with E-state index in [2.05, 4.69) is 16.0 Å². The van der Waals surface area contributed by atoms with Crippen molar-refractivity contribution in [2.45, 2.75) is 26.3 Å². The van der Waals surface area contributed by atoms with E-state index in [-0.39, 0.29) is 5.91 Å². The van der Waals surface area contributed by atoms with E-state index >= 15 is 0 Å². The number of anilines is 1. The quantitative estimate of drug-likeness (QED) is 0.378. The third-order valence-electron chi connectivity index (χ3n) is 4.93. The number of aryl methyl sites for hydroxylation is 2. The number of amides is 3. The van der Waals surface area contributed by atoms with Gasteiger partial charge in [0, 0.05) is 13.1 Å². The molecule has 0 unspecified atom stereocenters. The topological polar surface area (TPSA) is 87.3 Å². The molecule has 0 saturated carbocycles. The fourth-order valence-electron chi connectivity index (χ4n) is 3.29. The van der Waals surface area contributed by atoms with Crippen molar-refractivity contribution < 1.29 is 14.4 Å². The molecule has 0 aliphatic carbocycles. The zero-order valence-electron chi connectivity index (χ0n) is 18.1. The van der Waals surface area contributed by atoms with Crippen molar-refractivity contribution in [2.75, 3.05) is 11.9 Å². The molecule has 3 aromatic carbocycles. The molecule has 0 atom stereocenters. The van der Waals surface area contributed by atoms with Crippen LogP contribution in [0, 0.1) is 6.92 Å². The largest absolute Gasteiger partial charge is 0.348 e. The molecule has 0 aromatic heterocycles. The van der Waals surface area contributed by atoms with Gasteiger partial charge in [0.05, 0.1) is 11.3 Å². The number of hydrogen-bond donors (Lipinski definition) is 3. The van der Waals surface area contributed by atoms with Crippen LogP contribution in [0.2, 0.25) is 0 Å². The zero-order valence-corrected chi connectivity index (χ0v) is 18.1. The lowest BCUT2D eigenvalue weighted by Gasteiger charge is -2.12. The Morgan fingerprint density at radius 2 is 1.47 bits per heavy atom. The minimum atomic E-state index is -0.802. The third-order valence-corrected chi connectivity index (χ3v) is 4.93. The first kappa shape index (κ1) is 22.7. The maximum absolute atomic E-state index is 12.7. The van der Waals surface area contributed by atoms with Crippen molar-refractivity contribution in [3.05, 3.63) is 101 Å². The van der Waals surface area contributed by atoms with Crippen molar-refractivity contribution in [2.24, 2.45) is 0 Å². The monoisotopic (exact) mass is 429 g/mol. The Morgan fingerprint density at radius 1 is 0.750 bits per heavy atom. The summed E-state index contributed by atoms with van der Waals surface area (Å²) in [5, 5.41) is 8.02. The first-order chi connectivity index (χ1) is 15.5. The minimum absolute atomic E-state index is 0.290. The lowest BCUT2D eigenvalue weighted by atomic mass is 10.1. The maximum atomic E-state index is 12.7. The number of benzene rings is 3. The molecule has 0 aliphatic heterocycles. The number of para-hydroxylation sites is 1. The van der Waals surface area contributed by atoms with E-state index in [1.807, 2.05) is 61.5 Å². The van der Waals surface area contributed by atoms with Crippen LogP contribution in [0.5, 0.6) is 0 Å². The van der Waals surface area contributed by atoms with Gasteiger partial charge in [0.1, 0.15) is 0 Å². The predicted octanol–water partition coefficient (Wildman–Crippen LogP) is 3.61. The normalized spacial score (nSPS) is 10.3. The standard InChI is InChI=1S/C26H27N3O3/c1-19-9-7-12-21(17-19)18-28-24(30)22-14-5-6-15-23(22)29-26(32)25(31)27-16-8-13-20-10-3-2-4-11-20/h2-7,9-12,14-15,17H,8,13,16,18H2,1H3,(H,27,31)(H,28,30)(H,29,32). The van der Waals surface area contributed by atoms with E-state index in [1.54, 1.807) is 24.3 Å². The average Bonchev–Trinajstić information content (AvgIpc) is 2.81. The maximum Gasteiger partial charge on any atom is 0.313 e. The van der Waals surface area contributed by atoms with Crippen molar-refractivity contribution >= 4 is 23.4 Å². The highest BCUT2D eigenvalue weighted by molar-refractivity contribution is 6.40. The zero-order chi connectivity index (χ0) is 22.8. The average molecular weight is 430 g/mol. The number of nitrogens with one attached hydrogen (secondary N) is 3. The number of hydrogen-bond acceptors (Lipinski definition) is 3. The Hall–Kier alpha value is -3.93. The Labute approximate surface area is 188 Å². The summed E-state index contributed by atoms with van der Waals surface area (Å²) in [5.74, 6) is -1.86. The fourth-order valence-corrected chi connectivity index (χ4v) is 3.29. The Balaban J connectivity index is 1.51. The molecule has 0 aliphatic rings. The predicted molar refractivity (Wildman–Crippen MR) is 125 cm³/mol. The van der Waals surface area contributed by atoms with Crippen LogP contribution in [0.15, 0.2) is 78.9 Å². The molecule has 3 rings (SSSR count). The van der Waals surface area contributed by atoms with E-state index in [9.17, 15) is 14.4 Å². The van der Waals surface area contributed by atoms with Crippen molar-refractivity contribution in [1.29, 1.82) is 0 Å². The van der Waals surface area contributed by atoms with Gasteiger partial charge in [-0.15, -0.1) is 0 Å². The van der Waals surface area contributed by atoms with Crippen LogP contribution in [0.25, 0.3) is 0 Å². The summed E-state index contributed by atoms with van der Waals surface area (Å²) in [6.07, 6.45) is 1.54. The van der Waals surface area contributed by atoms with E-state index in [1.165, 1.54) is 5.56 Å². The van der Waals surface area contributed by atoms with Crippen molar-refractivity contribution in [1.82, 2.24) is 10.6 Å². The summed E-state index contributed by atoms with van der Waals surface area (Å²) in [5.41, 5.74) is 3.86. The van der Waals surface area contributed by atoms with Gasteiger partial charge in [-0.1, -0.05) is 72.3 Å². The lowest BCUT2D eigenvalue weighted by molar-refractivity contribution is -0.136. The van der Waals surface area contributed by atoms with E-state index < -0.39 is 11.8 Å². The van der Waals surface area contributed by atoms with Gasteiger partial charge in [-0.3, -0.25) is 14.4 Å². The van der Waals surface area contributed by atoms with Crippen LogP contribution in [-0.2, 0) is 22.6 Å². The minimum Gasteiger partial charge on any atom is -0.348 e. The highest BCUT2D eigenvalue weighted by atomic mass is 16.2. The van der Waals surface area contributed by atoms with Gasteiger partial charge in [0.15, 0.2) is 0 Å². The molecule has 6 nitrogen and oxygen atoms in total. The second kappa shape index (κ2) is 11.5. The molecule has 164 valence electrons. The van der Waals surface area contributed by atoms with Gasteiger partial charge in [0.25, 0.3) is 5.91 Å². The first-order valence-electron chi connectivity index (χ1n) is 10.6. The summed E-state index contributed by atoms with van der Waals surface area (Å²) in [7, 11) is 0. The van der Waals surface area contributed by atoms with Crippen LogP contribution < -0.4 is 16.0 Å². The number of carbonyl (C=O) groups excluding carboxylic acids is 3. The molecular weight excluding hydrogens is 402 g/mol. The van der Waals surface area contributed by atoms with Gasteiger partial charge in [0.2, 0.25) is 0 Å². The molecule has 0 spiro atoms. The highest BCUT2D eigenvalue weighted by Gasteiger charge is 2.17. The summed E-state index contributed by atoms with van der Waals surface area (Å²) in [4.78, 5) is 37.1. The molecule has 6 heteroatoms. The van der Waals surface area contributed by atoms with Crippen molar-refractivity contribution in [3.8, 4) is 0 Å². The molecular formula is C26H27N3O3. The Bertz CT molecular complexity index is 1080. The molecule has 0 bridgehead atoms. The second-order valence-corrected chi connectivity index (χ2v) is 7.52. The molecule has 32 heavy (non-hydrogen) atoms. The van der Waals surface area contributed by atoms with Crippen LogP contribution in [0.3, 0.4) is 0 Å². The third kappa shape index (κ3) is 6.80. The van der Waals surface area contributed by atoms with Crippen LogP contribution in [0.1, 0.15) is 33.5 Å². The molecule has 3 N–H and O–H groups in total. The summed E-state index contributed by atoms with van der Waals surface area (Å²) in [6.45, 7) is 2.74. The Kier molecular flexibility index (Phi) is 8.15. The fraction of sp³-hybridized carbons (Fsp3) is 0.192. The molecule has 0 saturated heterocycles. The van der Waals surface area contributed by atoms with Gasteiger partial charge in [-0.2, -0.15) is 0 Å². The van der Waals surface area contributed by atoms with Gasteiger partial charge in [-0.05, 0) is 43.0 Å². The molecule has 0 fully saturated rings. The lowest BCUT2D eigenvalue weighted by Crippen LogP contribution is -2.36. The van der Waals surface area contributed by atoms with Crippen LogP contribution in [0.4, 0.5) is 5.69 Å². The van der Waals surface area contributed by atoms with E-state index in [0.29, 0.717) is 24.3 Å². The number of carbonyl (C=O) groups is 3. The van der Waals surface area contributed by atoms with Gasteiger partial charge in [-0.25, -0.2) is 0 Å². The van der Waals surface area contributed by atoms with Gasteiger partial charge >= 0.3 is 11.8 Å². The second-order valence-electron chi connectivity index (χ2n) is 7.52. The van der Waals surface area contributed by atoms with Gasteiger partial charge < -0.3 is 16.0 Å². The summed E-state index contributed by atoms with van der Waals surface area (Å²) >= 11 is 0. The first-order valence-corrected chi connectivity index (χ1v) is 10.6. The molecule has 0 radical (unpaired) electrons. The number of rotatable bonds is 8. The SMILES string of the molecule is Cc1cccc(CNC(=O)c2ccccc2NC(=O)C(=O)NCCCc2ccccc2)c1. The summed E-state index contributed by atoms with van der Waals surface area (Å²) in [6, 6.07) is 24.4. The van der Waals surface area contributed by atoms with Crippen LogP contribution >= 0.6 is 0 Å². The van der Waals surface area contributed by atoms with Crippen LogP contribution in [-0.4, -0.2) is 24.3 Å². The van der Waals surface area contributed by atoms with E-state index in [4.69, 9.17) is 0 Å². The molecule has 0 heterocycles. The van der Waals surface area contributed by atoms with E-state index in [0.717, 1.165) is 24.0 Å². The highest BCUT2D eigenvalue weighted by Crippen LogP contribution is 2.15. The molecule has 3 aromatic rings. The molecule has 3 amide bonds.